The predicted molar refractivity (Wildman–Crippen MR) is 43.2 cm³/mol. The molecule has 2 saturated carbocycles. The van der Waals surface area contributed by atoms with Crippen LogP contribution in [-0.2, 0) is 4.79 Å². The highest BCUT2D eigenvalue weighted by molar-refractivity contribution is 9.10. The molecule has 1 atom stereocenters. The van der Waals surface area contributed by atoms with E-state index in [4.69, 9.17) is 0 Å². The minimum Gasteiger partial charge on any atom is -0.298 e. The summed E-state index contributed by atoms with van der Waals surface area (Å²) in [6.07, 6.45) is 5.81. The lowest BCUT2D eigenvalue weighted by molar-refractivity contribution is -0.120. The molecule has 0 aromatic heterocycles. The molecule has 2 heteroatoms. The van der Waals surface area contributed by atoms with Gasteiger partial charge in [-0.1, -0.05) is 15.9 Å². The highest BCUT2D eigenvalue weighted by atomic mass is 79.9. The largest absolute Gasteiger partial charge is 0.298 e. The zero-order valence-electron chi connectivity index (χ0n) is 5.90. The Kier molecular flexibility index (Phi) is 1.41. The van der Waals surface area contributed by atoms with Crippen molar-refractivity contribution in [2.45, 2.75) is 36.9 Å². The van der Waals surface area contributed by atoms with Crippen LogP contribution in [0, 0.1) is 5.41 Å². The van der Waals surface area contributed by atoms with Gasteiger partial charge in [-0.25, -0.2) is 0 Å². The van der Waals surface area contributed by atoms with Gasteiger partial charge >= 0.3 is 0 Å². The average Bonchev–Trinajstić information content (AvgIpc) is 2.62. The molecule has 0 aromatic rings. The van der Waals surface area contributed by atoms with Gasteiger partial charge in [0.25, 0.3) is 0 Å². The molecule has 0 aliphatic heterocycles. The molecule has 0 amide bonds. The number of hydrogen-bond acceptors (Lipinski definition) is 1. The normalized spacial score (nSPS) is 36.5. The van der Waals surface area contributed by atoms with Crippen LogP contribution in [0.1, 0.15) is 32.1 Å². The first kappa shape index (κ1) is 6.84. The second kappa shape index (κ2) is 2.07. The fourth-order valence-corrected chi connectivity index (χ4v) is 2.69. The van der Waals surface area contributed by atoms with E-state index in [1.165, 1.54) is 12.8 Å². The van der Waals surface area contributed by atoms with Crippen molar-refractivity contribution >= 4 is 21.7 Å². The standard InChI is InChI=1S/C8H11BrO/c9-6-5-8(3-4-8)2-1-7(6)10/h6H,1-5H2. The van der Waals surface area contributed by atoms with E-state index in [1.807, 2.05) is 0 Å². The Morgan fingerprint density at radius 2 is 2.10 bits per heavy atom. The molecule has 2 fully saturated rings. The van der Waals surface area contributed by atoms with Gasteiger partial charge < -0.3 is 0 Å². The SMILES string of the molecule is O=C1CCC2(CC2)CC1Br. The van der Waals surface area contributed by atoms with E-state index in [0.29, 0.717) is 11.2 Å². The van der Waals surface area contributed by atoms with Gasteiger partial charge in [0.2, 0.25) is 0 Å². The molecule has 0 saturated heterocycles. The third kappa shape index (κ3) is 1.03. The first-order valence-electron chi connectivity index (χ1n) is 3.89. The van der Waals surface area contributed by atoms with Crippen LogP contribution in [0.4, 0.5) is 0 Å². The predicted octanol–water partition coefficient (Wildman–Crippen LogP) is 2.28. The van der Waals surface area contributed by atoms with Gasteiger partial charge in [0.1, 0.15) is 5.78 Å². The van der Waals surface area contributed by atoms with Crippen molar-refractivity contribution < 1.29 is 4.79 Å². The van der Waals surface area contributed by atoms with E-state index < -0.39 is 0 Å². The lowest BCUT2D eigenvalue weighted by atomic mass is 9.86. The number of alkyl halides is 1. The molecule has 0 N–H and O–H groups in total. The number of halogens is 1. The second-order valence-electron chi connectivity index (χ2n) is 3.64. The molecule has 1 nitrogen and oxygen atoms in total. The van der Waals surface area contributed by atoms with E-state index in [9.17, 15) is 4.79 Å². The molecule has 0 radical (unpaired) electrons. The maximum Gasteiger partial charge on any atom is 0.146 e. The molecule has 0 bridgehead atoms. The number of rotatable bonds is 0. The molecule has 10 heavy (non-hydrogen) atoms. The Morgan fingerprint density at radius 1 is 1.40 bits per heavy atom. The molecule has 1 unspecified atom stereocenters. The van der Waals surface area contributed by atoms with Crippen molar-refractivity contribution in [3.05, 3.63) is 0 Å². The molecular formula is C8H11BrO. The number of carbonyl (C=O) groups excluding carboxylic acids is 1. The van der Waals surface area contributed by atoms with Crippen molar-refractivity contribution in [2.75, 3.05) is 0 Å². The van der Waals surface area contributed by atoms with Gasteiger partial charge in [-0.05, 0) is 31.1 Å². The van der Waals surface area contributed by atoms with Gasteiger partial charge in [0, 0.05) is 6.42 Å². The monoisotopic (exact) mass is 202 g/mol. The zero-order valence-corrected chi connectivity index (χ0v) is 7.49. The van der Waals surface area contributed by atoms with Crippen LogP contribution in [0.25, 0.3) is 0 Å². The van der Waals surface area contributed by atoms with Gasteiger partial charge in [0.15, 0.2) is 0 Å². The van der Waals surface area contributed by atoms with Crippen molar-refractivity contribution in [3.63, 3.8) is 0 Å². The Labute approximate surface area is 69.3 Å². The van der Waals surface area contributed by atoms with Crippen LogP contribution in [0.15, 0.2) is 0 Å². The lowest BCUT2D eigenvalue weighted by Crippen LogP contribution is -2.25. The number of carbonyl (C=O) groups is 1. The van der Waals surface area contributed by atoms with Crippen LogP contribution in [0.5, 0.6) is 0 Å². The summed E-state index contributed by atoms with van der Waals surface area (Å²) in [6, 6.07) is 0. The van der Waals surface area contributed by atoms with Crippen LogP contribution in [0.2, 0.25) is 0 Å². The highest BCUT2D eigenvalue weighted by Gasteiger charge is 2.47. The summed E-state index contributed by atoms with van der Waals surface area (Å²) in [5, 5.41) is 0. The molecule has 2 aliphatic rings. The topological polar surface area (TPSA) is 17.1 Å². The molecule has 2 aliphatic carbocycles. The number of hydrogen-bond donors (Lipinski definition) is 0. The molecule has 2 rings (SSSR count). The summed E-state index contributed by atoms with van der Waals surface area (Å²) in [7, 11) is 0. The van der Waals surface area contributed by atoms with Gasteiger partial charge in [-0.2, -0.15) is 0 Å². The molecule has 0 aromatic carbocycles. The first-order valence-corrected chi connectivity index (χ1v) is 4.80. The van der Waals surface area contributed by atoms with E-state index in [-0.39, 0.29) is 4.83 Å². The summed E-state index contributed by atoms with van der Waals surface area (Å²) in [5.41, 5.74) is 0.613. The van der Waals surface area contributed by atoms with Crippen LogP contribution in [0.3, 0.4) is 0 Å². The van der Waals surface area contributed by atoms with Gasteiger partial charge in [0.05, 0.1) is 4.83 Å². The maximum atomic E-state index is 11.1. The third-order valence-electron chi connectivity index (χ3n) is 2.82. The summed E-state index contributed by atoms with van der Waals surface area (Å²) >= 11 is 3.42. The fourth-order valence-electron chi connectivity index (χ4n) is 1.77. The van der Waals surface area contributed by atoms with Crippen molar-refractivity contribution in [2.24, 2.45) is 5.41 Å². The zero-order chi connectivity index (χ0) is 7.19. The van der Waals surface area contributed by atoms with Gasteiger partial charge in [-0.3, -0.25) is 4.79 Å². The summed E-state index contributed by atoms with van der Waals surface area (Å²) in [6.45, 7) is 0. The lowest BCUT2D eigenvalue weighted by Gasteiger charge is -2.23. The minimum absolute atomic E-state index is 0.184. The van der Waals surface area contributed by atoms with E-state index in [1.54, 1.807) is 0 Å². The quantitative estimate of drug-likeness (QED) is 0.552. The van der Waals surface area contributed by atoms with Crippen LogP contribution in [-0.4, -0.2) is 10.6 Å². The smallest absolute Gasteiger partial charge is 0.146 e. The Balaban J connectivity index is 2.04. The highest BCUT2D eigenvalue weighted by Crippen LogP contribution is 2.56. The molecule has 1 spiro atoms. The first-order chi connectivity index (χ1) is 4.72. The van der Waals surface area contributed by atoms with E-state index in [2.05, 4.69) is 15.9 Å². The van der Waals surface area contributed by atoms with Gasteiger partial charge in [-0.15, -0.1) is 0 Å². The summed E-state index contributed by atoms with van der Waals surface area (Å²) < 4.78 is 0. The van der Waals surface area contributed by atoms with Crippen molar-refractivity contribution in [1.29, 1.82) is 0 Å². The van der Waals surface area contributed by atoms with Crippen LogP contribution < -0.4 is 0 Å². The minimum atomic E-state index is 0.184. The fraction of sp³-hybridized carbons (Fsp3) is 0.875. The number of ketones is 1. The Bertz CT molecular complexity index is 172. The number of Topliss-reactive ketones (excluding diaryl/α,β-unsaturated/α-hetero) is 1. The maximum absolute atomic E-state index is 11.1. The third-order valence-corrected chi connectivity index (χ3v) is 3.65. The molecular weight excluding hydrogens is 192 g/mol. The summed E-state index contributed by atoms with van der Waals surface area (Å²) in [5.74, 6) is 0.414. The summed E-state index contributed by atoms with van der Waals surface area (Å²) in [4.78, 5) is 11.2. The van der Waals surface area contributed by atoms with E-state index in [0.717, 1.165) is 19.3 Å². The average molecular weight is 203 g/mol. The Hall–Kier alpha value is 0.150. The van der Waals surface area contributed by atoms with Crippen molar-refractivity contribution in [3.8, 4) is 0 Å². The second-order valence-corrected chi connectivity index (χ2v) is 4.74. The van der Waals surface area contributed by atoms with E-state index >= 15 is 0 Å². The molecule has 56 valence electrons. The molecule has 0 heterocycles. The van der Waals surface area contributed by atoms with Crippen LogP contribution >= 0.6 is 15.9 Å². The Morgan fingerprint density at radius 3 is 2.60 bits per heavy atom. The van der Waals surface area contributed by atoms with Crippen molar-refractivity contribution in [1.82, 2.24) is 0 Å².